The van der Waals surface area contributed by atoms with Gasteiger partial charge in [-0.2, -0.15) is 0 Å². The lowest BCUT2D eigenvalue weighted by molar-refractivity contribution is 0.0997. The number of carbonyl (C=O) groups is 1. The number of nitrogens with zero attached hydrogens (tertiary/aromatic N) is 1. The van der Waals surface area contributed by atoms with E-state index >= 15 is 0 Å². The van der Waals surface area contributed by atoms with Gasteiger partial charge in [0.1, 0.15) is 11.6 Å². The number of benzene rings is 2. The fraction of sp³-hybridized carbons (Fsp3) is 0.0476. The van der Waals surface area contributed by atoms with Crippen LogP contribution in [0.1, 0.15) is 10.6 Å². The molecule has 1 amide bonds. The van der Waals surface area contributed by atoms with E-state index in [-0.39, 0.29) is 17.1 Å². The van der Waals surface area contributed by atoms with Gasteiger partial charge in [-0.25, -0.2) is 17.8 Å². The van der Waals surface area contributed by atoms with Gasteiger partial charge in [0, 0.05) is 16.6 Å². The van der Waals surface area contributed by atoms with Crippen LogP contribution in [0.3, 0.4) is 0 Å². The third kappa shape index (κ3) is 4.98. The number of furan rings is 1. The Labute approximate surface area is 181 Å². The highest BCUT2D eigenvalue weighted by Gasteiger charge is 2.16. The predicted molar refractivity (Wildman–Crippen MR) is 118 cm³/mol. The number of anilines is 2. The fourth-order valence-electron chi connectivity index (χ4n) is 2.81. The van der Waals surface area contributed by atoms with E-state index in [1.165, 1.54) is 29.5 Å². The van der Waals surface area contributed by atoms with E-state index in [0.717, 1.165) is 11.8 Å². The van der Waals surface area contributed by atoms with Crippen LogP contribution in [-0.2, 0) is 10.0 Å². The maximum Gasteiger partial charge on any atom is 0.293 e. The van der Waals surface area contributed by atoms with E-state index in [9.17, 15) is 17.6 Å². The van der Waals surface area contributed by atoms with Gasteiger partial charge < -0.3 is 4.42 Å². The van der Waals surface area contributed by atoms with Crippen LogP contribution in [-0.4, -0.2) is 25.6 Å². The molecule has 2 heterocycles. The van der Waals surface area contributed by atoms with Crippen LogP contribution in [0.5, 0.6) is 0 Å². The molecule has 2 aromatic carbocycles. The summed E-state index contributed by atoms with van der Waals surface area (Å²) in [6.07, 6.45) is 1.08. The van der Waals surface area contributed by atoms with E-state index in [1.807, 2.05) is 0 Å². The minimum atomic E-state index is -3.35. The standard InChI is InChI=1S/C21H16FN3O4S2/c1-31(27,28)25-14-8-6-13(7-9-14)17-12-30-21(23-17)24-20(26)19-11-10-18(29-19)15-4-2-3-5-16(15)22/h2-12,25H,1H3,(H,23,24,26). The Morgan fingerprint density at radius 2 is 1.81 bits per heavy atom. The lowest BCUT2D eigenvalue weighted by Crippen LogP contribution is -2.10. The highest BCUT2D eigenvalue weighted by molar-refractivity contribution is 7.92. The molecule has 0 aliphatic rings. The molecule has 4 aromatic rings. The number of nitrogens with one attached hydrogen (secondary N) is 2. The van der Waals surface area contributed by atoms with E-state index in [4.69, 9.17) is 4.42 Å². The number of hydrogen-bond donors (Lipinski definition) is 2. The molecule has 158 valence electrons. The van der Waals surface area contributed by atoms with Crippen molar-refractivity contribution < 1.29 is 22.0 Å². The minimum absolute atomic E-state index is 0.0335. The van der Waals surface area contributed by atoms with Crippen molar-refractivity contribution >= 4 is 38.1 Å². The second kappa shape index (κ2) is 8.32. The van der Waals surface area contributed by atoms with Crippen LogP contribution in [0.4, 0.5) is 15.2 Å². The maximum absolute atomic E-state index is 13.9. The molecule has 2 aromatic heterocycles. The van der Waals surface area contributed by atoms with Crippen LogP contribution in [0, 0.1) is 5.82 Å². The first-order valence-corrected chi connectivity index (χ1v) is 11.8. The monoisotopic (exact) mass is 457 g/mol. The zero-order valence-corrected chi connectivity index (χ0v) is 17.8. The minimum Gasteiger partial charge on any atom is -0.451 e. The number of sulfonamides is 1. The molecule has 0 fully saturated rings. The number of hydrogen-bond acceptors (Lipinski definition) is 6. The van der Waals surface area contributed by atoms with Gasteiger partial charge in [-0.05, 0) is 36.4 Å². The first-order chi connectivity index (χ1) is 14.8. The molecule has 31 heavy (non-hydrogen) atoms. The topological polar surface area (TPSA) is 101 Å². The number of halogens is 1. The second-order valence-corrected chi connectivity index (χ2v) is 9.19. The van der Waals surface area contributed by atoms with Crippen molar-refractivity contribution in [2.45, 2.75) is 0 Å². The molecule has 4 rings (SSSR count). The summed E-state index contributed by atoms with van der Waals surface area (Å²) in [6, 6.07) is 15.8. The van der Waals surface area contributed by atoms with Crippen molar-refractivity contribution in [1.82, 2.24) is 4.98 Å². The molecule has 2 N–H and O–H groups in total. The summed E-state index contributed by atoms with van der Waals surface area (Å²) in [4.78, 5) is 16.8. The summed E-state index contributed by atoms with van der Waals surface area (Å²) in [5.41, 5.74) is 2.10. The maximum atomic E-state index is 13.9. The van der Waals surface area contributed by atoms with Gasteiger partial charge in [0.25, 0.3) is 5.91 Å². The lowest BCUT2D eigenvalue weighted by Gasteiger charge is -2.04. The largest absolute Gasteiger partial charge is 0.451 e. The van der Waals surface area contributed by atoms with Gasteiger partial charge in [-0.1, -0.05) is 24.3 Å². The predicted octanol–water partition coefficient (Wildman–Crippen LogP) is 4.83. The van der Waals surface area contributed by atoms with Gasteiger partial charge in [0.2, 0.25) is 10.0 Å². The van der Waals surface area contributed by atoms with Gasteiger partial charge >= 0.3 is 0 Å². The Balaban J connectivity index is 1.46. The Hall–Kier alpha value is -3.50. The second-order valence-electron chi connectivity index (χ2n) is 6.59. The van der Waals surface area contributed by atoms with E-state index in [2.05, 4.69) is 15.0 Å². The molecule has 7 nitrogen and oxygen atoms in total. The summed E-state index contributed by atoms with van der Waals surface area (Å²) in [5, 5.41) is 4.79. The number of rotatable bonds is 6. The first-order valence-electron chi connectivity index (χ1n) is 8.98. The van der Waals surface area contributed by atoms with Crippen LogP contribution in [0.25, 0.3) is 22.6 Å². The molecule has 0 spiro atoms. The SMILES string of the molecule is CS(=O)(=O)Nc1ccc(-c2csc(NC(=O)c3ccc(-c4ccccc4F)o3)n2)cc1. The normalized spacial score (nSPS) is 11.3. The molecular formula is C21H16FN3O4S2. The molecule has 0 aliphatic heterocycles. The van der Waals surface area contributed by atoms with Gasteiger partial charge in [0.05, 0.1) is 17.5 Å². The summed E-state index contributed by atoms with van der Waals surface area (Å²) in [5.74, 6) is -0.653. The zero-order chi connectivity index (χ0) is 22.0. The van der Waals surface area contributed by atoms with Crippen molar-refractivity contribution in [2.24, 2.45) is 0 Å². The van der Waals surface area contributed by atoms with Gasteiger partial charge in [-0.15, -0.1) is 11.3 Å². The molecule has 10 heteroatoms. The molecule has 0 bridgehead atoms. The summed E-state index contributed by atoms with van der Waals surface area (Å²) in [6.45, 7) is 0. The lowest BCUT2D eigenvalue weighted by atomic mass is 10.1. The Morgan fingerprint density at radius 3 is 2.52 bits per heavy atom. The highest BCUT2D eigenvalue weighted by Crippen LogP contribution is 2.28. The molecular weight excluding hydrogens is 441 g/mol. The van der Waals surface area contributed by atoms with Crippen molar-refractivity contribution in [3.63, 3.8) is 0 Å². The quantitative estimate of drug-likeness (QED) is 0.432. The molecule has 0 radical (unpaired) electrons. The third-order valence-electron chi connectivity index (χ3n) is 4.18. The van der Waals surface area contributed by atoms with Crippen LogP contribution >= 0.6 is 11.3 Å². The van der Waals surface area contributed by atoms with Gasteiger partial charge in [0.15, 0.2) is 10.9 Å². The van der Waals surface area contributed by atoms with Crippen molar-refractivity contribution in [1.29, 1.82) is 0 Å². The molecule has 0 atom stereocenters. The van der Waals surface area contributed by atoms with Crippen molar-refractivity contribution in [2.75, 3.05) is 16.3 Å². The van der Waals surface area contributed by atoms with Crippen molar-refractivity contribution in [3.8, 4) is 22.6 Å². The summed E-state index contributed by atoms with van der Waals surface area (Å²) >= 11 is 1.23. The first kappa shape index (κ1) is 20.8. The van der Waals surface area contributed by atoms with Crippen LogP contribution < -0.4 is 10.0 Å². The average Bonchev–Trinajstić information content (AvgIpc) is 3.38. The van der Waals surface area contributed by atoms with Gasteiger partial charge in [-0.3, -0.25) is 14.8 Å². The van der Waals surface area contributed by atoms with Crippen LogP contribution in [0.2, 0.25) is 0 Å². The number of thiazole rings is 1. The Bertz CT molecular complexity index is 1340. The van der Waals surface area contributed by atoms with E-state index in [1.54, 1.807) is 47.8 Å². The number of amides is 1. The fourth-order valence-corrected chi connectivity index (χ4v) is 4.09. The summed E-state index contributed by atoms with van der Waals surface area (Å²) in [7, 11) is -3.35. The smallest absolute Gasteiger partial charge is 0.293 e. The third-order valence-corrected chi connectivity index (χ3v) is 5.54. The Morgan fingerprint density at radius 1 is 1.06 bits per heavy atom. The van der Waals surface area contributed by atoms with Crippen LogP contribution in [0.15, 0.2) is 70.5 Å². The molecule has 0 saturated heterocycles. The molecule has 0 aliphatic carbocycles. The zero-order valence-electron chi connectivity index (χ0n) is 16.1. The average molecular weight is 458 g/mol. The molecule has 0 unspecified atom stereocenters. The summed E-state index contributed by atoms with van der Waals surface area (Å²) < 4.78 is 44.4. The highest BCUT2D eigenvalue weighted by atomic mass is 32.2. The Kier molecular flexibility index (Phi) is 5.57. The van der Waals surface area contributed by atoms with E-state index < -0.39 is 21.7 Å². The van der Waals surface area contributed by atoms with Crippen molar-refractivity contribution in [3.05, 3.63) is 77.6 Å². The molecule has 0 saturated carbocycles. The number of carbonyl (C=O) groups excluding carboxylic acids is 1. The van der Waals surface area contributed by atoms with E-state index in [0.29, 0.717) is 16.5 Å². The number of aromatic nitrogens is 1.